The first-order valence-electron chi connectivity index (χ1n) is 4.83. The van der Waals surface area contributed by atoms with E-state index < -0.39 is 8.07 Å². The molecule has 0 saturated carbocycles. The molecule has 0 spiro atoms. The average molecular weight is 176 g/mol. The molecule has 0 nitrogen and oxygen atoms in total. The van der Waals surface area contributed by atoms with Gasteiger partial charge in [0.15, 0.2) is 0 Å². The van der Waals surface area contributed by atoms with Crippen molar-refractivity contribution in [2.45, 2.75) is 45.2 Å². The van der Waals surface area contributed by atoms with E-state index in [-0.39, 0.29) is 0 Å². The molecule has 0 amide bonds. The molecule has 0 aromatic carbocycles. The molecule has 1 heterocycles. The van der Waals surface area contributed by atoms with E-state index in [1.54, 1.807) is 0 Å². The van der Waals surface area contributed by atoms with Gasteiger partial charge in [0.05, 0.1) is 0 Å². The van der Waals surface area contributed by atoms with Crippen LogP contribution in [0.4, 0.5) is 0 Å². The fourth-order valence-corrected chi connectivity index (χ4v) is 3.98. The van der Waals surface area contributed by atoms with E-state index in [4.69, 9.17) is 0 Å². The van der Waals surface area contributed by atoms with Crippen LogP contribution in [0.25, 0.3) is 0 Å². The third kappa shape index (κ3) is 2.16. The lowest BCUT2D eigenvalue weighted by molar-refractivity contribution is 0.933. The summed E-state index contributed by atoms with van der Waals surface area (Å²) in [7, 11) is -1.31. The molecule has 64 valence electrons. The van der Waals surface area contributed by atoms with Crippen molar-refractivity contribution in [3.63, 3.8) is 0 Å². The van der Waals surface area contributed by atoms with Crippen molar-refractivity contribution >= 4 is 8.07 Å². The summed E-state index contributed by atoms with van der Waals surface area (Å²) in [5.41, 5.74) is 6.86. The number of hydrogen-bond acceptors (Lipinski definition) is 0. The summed E-state index contributed by atoms with van der Waals surface area (Å²) in [6.07, 6.45) is 3.34. The normalized spacial score (nSPS) is 17.8. The van der Waals surface area contributed by atoms with Gasteiger partial charge in [0, 0.05) is 12.8 Å². The Morgan fingerprint density at radius 2 is 1.50 bits per heavy atom. The van der Waals surface area contributed by atoms with Gasteiger partial charge in [-0.2, -0.15) is 0 Å². The predicted octanol–water partition coefficient (Wildman–Crippen LogP) is 2.74. The first-order valence-corrected chi connectivity index (χ1v) is 7.24. The molecule has 0 bridgehead atoms. The Morgan fingerprint density at radius 3 is 1.75 bits per heavy atom. The molecule has 1 aliphatic heterocycles. The highest BCUT2D eigenvalue weighted by Gasteiger charge is 2.36. The first-order chi connectivity index (χ1) is 5.83. The van der Waals surface area contributed by atoms with Crippen molar-refractivity contribution in [3.8, 4) is 22.9 Å². The topological polar surface area (TPSA) is 0 Å². The zero-order valence-electron chi connectivity index (χ0n) is 8.04. The smallest absolute Gasteiger partial charge is 0.115 e. The third-order valence-electron chi connectivity index (χ3n) is 2.22. The molecule has 1 heteroatoms. The van der Waals surface area contributed by atoms with Gasteiger partial charge in [-0.05, 0) is 12.1 Å². The molecular weight excluding hydrogens is 160 g/mol. The maximum absolute atomic E-state index is 3.43. The lowest BCUT2D eigenvalue weighted by Crippen LogP contribution is -2.39. The second kappa shape index (κ2) is 4.38. The minimum Gasteiger partial charge on any atom is -0.115 e. The van der Waals surface area contributed by atoms with Crippen LogP contribution in [-0.4, -0.2) is 8.07 Å². The molecule has 0 aliphatic carbocycles. The molecule has 1 rings (SSSR count). The Morgan fingerprint density at radius 1 is 1.00 bits per heavy atom. The van der Waals surface area contributed by atoms with E-state index in [0.29, 0.717) is 0 Å². The van der Waals surface area contributed by atoms with Gasteiger partial charge >= 0.3 is 0 Å². The zero-order valence-corrected chi connectivity index (χ0v) is 9.04. The fraction of sp³-hybridized carbons (Fsp3) is 0.636. The summed E-state index contributed by atoms with van der Waals surface area (Å²) in [5, 5.41) is 0. The Labute approximate surface area is 76.8 Å². The minimum atomic E-state index is -1.31. The van der Waals surface area contributed by atoms with Gasteiger partial charge < -0.3 is 0 Å². The molecule has 0 aromatic heterocycles. The summed E-state index contributed by atoms with van der Waals surface area (Å²) in [5.74, 6) is 6.42. The highest BCUT2D eigenvalue weighted by molar-refractivity contribution is 6.96. The van der Waals surface area contributed by atoms with Crippen molar-refractivity contribution < 1.29 is 0 Å². The summed E-state index contributed by atoms with van der Waals surface area (Å²) in [6.45, 7) is 4.22. The zero-order chi connectivity index (χ0) is 8.86. The van der Waals surface area contributed by atoms with Crippen molar-refractivity contribution in [3.05, 3.63) is 0 Å². The first kappa shape index (κ1) is 9.43. The second-order valence-electron chi connectivity index (χ2n) is 3.25. The van der Waals surface area contributed by atoms with Crippen molar-refractivity contribution in [2.24, 2.45) is 0 Å². The van der Waals surface area contributed by atoms with Gasteiger partial charge in [-0.1, -0.05) is 20.3 Å². The molecule has 0 N–H and O–H groups in total. The minimum absolute atomic E-state index is 0.989. The van der Waals surface area contributed by atoms with Crippen LogP contribution in [0.15, 0.2) is 0 Å². The standard InChI is InChI=1S/C11H16Si/c1-3-5-8-12(9-6-4-2)10-7-11-12/h3-4,7,10-11H2,1-2H3. The van der Waals surface area contributed by atoms with Crippen LogP contribution in [0.1, 0.15) is 33.1 Å². The summed E-state index contributed by atoms with van der Waals surface area (Å²) in [4.78, 5) is 0. The summed E-state index contributed by atoms with van der Waals surface area (Å²) in [6, 6.07) is 2.65. The molecule has 12 heavy (non-hydrogen) atoms. The van der Waals surface area contributed by atoms with Crippen LogP contribution in [0.3, 0.4) is 0 Å². The van der Waals surface area contributed by atoms with E-state index >= 15 is 0 Å². The number of rotatable bonds is 0. The predicted molar refractivity (Wildman–Crippen MR) is 56.1 cm³/mol. The SMILES string of the molecule is CCC#C[Si]1(C#CCC)CCC1. The lowest BCUT2D eigenvalue weighted by atomic mass is 10.5. The molecule has 0 aromatic rings. The van der Waals surface area contributed by atoms with E-state index in [0.717, 1.165) is 12.8 Å². The van der Waals surface area contributed by atoms with E-state index in [1.807, 2.05) is 0 Å². The van der Waals surface area contributed by atoms with Gasteiger partial charge in [-0.25, -0.2) is 0 Å². The molecule has 0 unspecified atom stereocenters. The maximum Gasteiger partial charge on any atom is 0.216 e. The largest absolute Gasteiger partial charge is 0.216 e. The molecule has 1 aliphatic rings. The molecular formula is C11H16Si. The van der Waals surface area contributed by atoms with Gasteiger partial charge in [-0.3, -0.25) is 0 Å². The summed E-state index contributed by atoms with van der Waals surface area (Å²) >= 11 is 0. The van der Waals surface area contributed by atoms with Crippen molar-refractivity contribution in [2.75, 3.05) is 0 Å². The van der Waals surface area contributed by atoms with Gasteiger partial charge in [0.1, 0.15) is 0 Å². The molecule has 0 atom stereocenters. The highest BCUT2D eigenvalue weighted by Crippen LogP contribution is 2.30. The Balaban J connectivity index is 2.63. The summed E-state index contributed by atoms with van der Waals surface area (Å²) < 4.78 is 0. The lowest BCUT2D eigenvalue weighted by Gasteiger charge is -2.28. The molecule has 1 saturated heterocycles. The fourth-order valence-electron chi connectivity index (χ4n) is 1.33. The number of hydrogen-bond donors (Lipinski definition) is 0. The Kier molecular flexibility index (Phi) is 3.44. The van der Waals surface area contributed by atoms with Crippen LogP contribution in [-0.2, 0) is 0 Å². The van der Waals surface area contributed by atoms with Crippen LogP contribution >= 0.6 is 0 Å². The van der Waals surface area contributed by atoms with Crippen LogP contribution < -0.4 is 0 Å². The van der Waals surface area contributed by atoms with Crippen molar-refractivity contribution in [1.29, 1.82) is 0 Å². The van der Waals surface area contributed by atoms with E-state index in [9.17, 15) is 0 Å². The Bertz CT molecular complexity index is 228. The van der Waals surface area contributed by atoms with E-state index in [1.165, 1.54) is 18.5 Å². The van der Waals surface area contributed by atoms with E-state index in [2.05, 4.69) is 36.8 Å². The second-order valence-corrected chi connectivity index (χ2v) is 6.91. The quantitative estimate of drug-likeness (QED) is 0.393. The Hall–Kier alpha value is -0.663. The van der Waals surface area contributed by atoms with Gasteiger partial charge in [0.25, 0.3) is 0 Å². The monoisotopic (exact) mass is 176 g/mol. The van der Waals surface area contributed by atoms with Crippen molar-refractivity contribution in [1.82, 2.24) is 0 Å². The van der Waals surface area contributed by atoms with Gasteiger partial charge in [0.2, 0.25) is 8.07 Å². The molecule has 0 radical (unpaired) electrons. The van der Waals surface area contributed by atoms with Crippen LogP contribution in [0, 0.1) is 22.9 Å². The maximum atomic E-state index is 3.43. The third-order valence-corrected chi connectivity index (χ3v) is 5.94. The van der Waals surface area contributed by atoms with Gasteiger partial charge in [-0.15, -0.1) is 22.9 Å². The highest BCUT2D eigenvalue weighted by atomic mass is 28.3. The molecule has 1 fully saturated rings. The van der Waals surface area contributed by atoms with Crippen LogP contribution in [0.2, 0.25) is 12.1 Å². The average Bonchev–Trinajstić information content (AvgIpc) is 2.02. The van der Waals surface area contributed by atoms with Crippen LogP contribution in [0.5, 0.6) is 0 Å².